The molecule has 20 heavy (non-hydrogen) atoms. The molecular formula is C15H16Cl2N2O. The number of allylic oxidation sites excluding steroid dienone is 1. The highest BCUT2D eigenvalue weighted by molar-refractivity contribution is 6.33. The topological polar surface area (TPSA) is 55.1 Å². The van der Waals surface area contributed by atoms with Crippen molar-refractivity contribution in [3.8, 4) is 0 Å². The summed E-state index contributed by atoms with van der Waals surface area (Å²) in [5.41, 5.74) is 7.66. The maximum atomic E-state index is 12.5. The van der Waals surface area contributed by atoms with Gasteiger partial charge in [-0.3, -0.25) is 4.79 Å². The van der Waals surface area contributed by atoms with Crippen molar-refractivity contribution in [2.75, 3.05) is 11.1 Å². The molecule has 0 heterocycles. The fourth-order valence-corrected chi connectivity index (χ4v) is 3.82. The quantitative estimate of drug-likeness (QED) is 0.805. The number of amides is 1. The molecule has 0 aliphatic heterocycles. The molecule has 0 radical (unpaired) electrons. The van der Waals surface area contributed by atoms with E-state index in [9.17, 15) is 4.79 Å². The minimum atomic E-state index is -0.126. The van der Waals surface area contributed by atoms with Crippen LogP contribution in [0.15, 0.2) is 28.8 Å². The van der Waals surface area contributed by atoms with E-state index in [1.807, 2.05) is 0 Å². The minimum absolute atomic E-state index is 0.126. The molecule has 5 heteroatoms. The van der Waals surface area contributed by atoms with Gasteiger partial charge in [0.25, 0.3) is 5.91 Å². The average molecular weight is 311 g/mol. The molecule has 1 aromatic rings. The molecule has 3 aliphatic carbocycles. The lowest BCUT2D eigenvalue weighted by molar-refractivity contribution is -0.113. The smallest absolute Gasteiger partial charge is 0.253 e. The summed E-state index contributed by atoms with van der Waals surface area (Å²) in [7, 11) is 0. The zero-order valence-electron chi connectivity index (χ0n) is 11.0. The van der Waals surface area contributed by atoms with Crippen molar-refractivity contribution in [2.45, 2.75) is 25.7 Å². The molecule has 1 saturated carbocycles. The van der Waals surface area contributed by atoms with Gasteiger partial charge in [0.15, 0.2) is 0 Å². The second-order valence-electron chi connectivity index (χ2n) is 5.50. The van der Waals surface area contributed by atoms with Gasteiger partial charge >= 0.3 is 0 Å². The fraction of sp³-hybridized carbons (Fsp3) is 0.400. The zero-order chi connectivity index (χ0) is 14.3. The molecule has 106 valence electrons. The van der Waals surface area contributed by atoms with Crippen molar-refractivity contribution in [1.82, 2.24) is 0 Å². The van der Waals surface area contributed by atoms with Crippen LogP contribution in [0.1, 0.15) is 25.7 Å². The van der Waals surface area contributed by atoms with E-state index in [2.05, 4.69) is 5.32 Å². The minimum Gasteiger partial charge on any atom is -0.397 e. The first kappa shape index (κ1) is 13.8. The summed E-state index contributed by atoms with van der Waals surface area (Å²) in [5.74, 6) is 0.532. The van der Waals surface area contributed by atoms with Gasteiger partial charge in [-0.1, -0.05) is 23.2 Å². The highest BCUT2D eigenvalue weighted by Crippen LogP contribution is 2.47. The van der Waals surface area contributed by atoms with Gasteiger partial charge in [-0.2, -0.15) is 0 Å². The predicted octanol–water partition coefficient (Wildman–Crippen LogP) is 4.17. The number of nitrogen functional groups attached to an aromatic ring is 1. The molecule has 2 bridgehead atoms. The number of hydrogen-bond donors (Lipinski definition) is 2. The molecular weight excluding hydrogens is 295 g/mol. The van der Waals surface area contributed by atoms with Crippen molar-refractivity contribution in [3.63, 3.8) is 0 Å². The van der Waals surface area contributed by atoms with E-state index >= 15 is 0 Å². The van der Waals surface area contributed by atoms with Gasteiger partial charge in [-0.15, -0.1) is 0 Å². The van der Waals surface area contributed by atoms with Gasteiger partial charge in [0.05, 0.1) is 11.4 Å². The number of benzene rings is 1. The van der Waals surface area contributed by atoms with Crippen molar-refractivity contribution in [1.29, 1.82) is 0 Å². The van der Waals surface area contributed by atoms with Crippen molar-refractivity contribution in [3.05, 3.63) is 33.8 Å². The van der Waals surface area contributed by atoms with Gasteiger partial charge in [-0.25, -0.2) is 0 Å². The molecule has 4 rings (SSSR count). The number of hydrogen-bond acceptors (Lipinski definition) is 2. The van der Waals surface area contributed by atoms with Crippen LogP contribution in [0.5, 0.6) is 0 Å². The van der Waals surface area contributed by atoms with Crippen LogP contribution in [0, 0.1) is 11.8 Å². The lowest BCUT2D eigenvalue weighted by Crippen LogP contribution is -2.31. The Kier molecular flexibility index (Phi) is 3.65. The number of nitrogens with one attached hydrogen (secondary N) is 1. The lowest BCUT2D eigenvalue weighted by atomic mass is 9.71. The van der Waals surface area contributed by atoms with E-state index in [4.69, 9.17) is 28.9 Å². The molecule has 0 unspecified atom stereocenters. The Labute approximate surface area is 128 Å². The molecule has 1 fully saturated rings. The maximum absolute atomic E-state index is 12.5. The van der Waals surface area contributed by atoms with Gasteiger partial charge in [0.2, 0.25) is 0 Å². The van der Waals surface area contributed by atoms with E-state index in [1.165, 1.54) is 0 Å². The van der Waals surface area contributed by atoms with Gasteiger partial charge in [0, 0.05) is 15.6 Å². The largest absolute Gasteiger partial charge is 0.397 e. The van der Waals surface area contributed by atoms with Gasteiger partial charge in [0.1, 0.15) is 0 Å². The van der Waals surface area contributed by atoms with Crippen LogP contribution >= 0.6 is 23.2 Å². The summed E-state index contributed by atoms with van der Waals surface area (Å²) >= 11 is 12.2. The van der Waals surface area contributed by atoms with E-state index < -0.39 is 0 Å². The molecule has 0 spiro atoms. The third-order valence-electron chi connectivity index (χ3n) is 4.26. The summed E-state index contributed by atoms with van der Waals surface area (Å²) in [6, 6.07) is 5.04. The van der Waals surface area contributed by atoms with E-state index in [0.717, 1.165) is 36.3 Å². The number of anilines is 2. The lowest BCUT2D eigenvalue weighted by Gasteiger charge is -2.37. The van der Waals surface area contributed by atoms with Crippen LogP contribution in [0.3, 0.4) is 0 Å². The standard InChI is InChI=1S/C15H16Cl2N2O/c16-10-5-6-12(11(18)7-10)19-15(20)13-8-1-3-9(4-2-8)14(13)17/h5-9H,1-4,18H2,(H,19,20). The summed E-state index contributed by atoms with van der Waals surface area (Å²) in [5, 5.41) is 4.16. The molecule has 1 amide bonds. The third-order valence-corrected chi connectivity index (χ3v) is 5.00. The van der Waals surface area contributed by atoms with Crippen LogP contribution in [0.25, 0.3) is 0 Å². The second kappa shape index (κ2) is 5.30. The van der Waals surface area contributed by atoms with Crippen molar-refractivity contribution < 1.29 is 4.79 Å². The Hall–Kier alpha value is -1.19. The molecule has 1 aromatic carbocycles. The number of fused-ring (bicyclic) bond motifs is 2. The average Bonchev–Trinajstić information content (AvgIpc) is 2.43. The molecule has 3 aliphatic rings. The number of carbonyl (C=O) groups excluding carboxylic acids is 1. The third kappa shape index (κ3) is 2.40. The highest BCUT2D eigenvalue weighted by Gasteiger charge is 2.37. The number of nitrogens with two attached hydrogens (primary N) is 1. The van der Waals surface area contributed by atoms with E-state index in [-0.39, 0.29) is 5.91 Å². The van der Waals surface area contributed by atoms with Crippen LogP contribution in [-0.4, -0.2) is 5.91 Å². The Morgan fingerprint density at radius 3 is 2.40 bits per heavy atom. The Morgan fingerprint density at radius 2 is 1.80 bits per heavy atom. The summed E-state index contributed by atoms with van der Waals surface area (Å²) in [6.07, 6.45) is 4.31. The first-order valence-electron chi connectivity index (χ1n) is 6.82. The van der Waals surface area contributed by atoms with Crippen LogP contribution in [0.4, 0.5) is 11.4 Å². The fourth-order valence-electron chi connectivity index (χ4n) is 3.18. The summed E-state index contributed by atoms with van der Waals surface area (Å²) in [6.45, 7) is 0. The Bertz CT molecular complexity index is 590. The Balaban J connectivity index is 1.85. The zero-order valence-corrected chi connectivity index (χ0v) is 12.5. The SMILES string of the molecule is Nc1cc(Cl)ccc1NC(=O)C1=C(Cl)C2CCC1CC2. The van der Waals surface area contributed by atoms with Crippen LogP contribution in [0.2, 0.25) is 5.02 Å². The molecule has 0 atom stereocenters. The maximum Gasteiger partial charge on any atom is 0.253 e. The number of carbonyl (C=O) groups is 1. The van der Waals surface area contributed by atoms with Gasteiger partial charge < -0.3 is 11.1 Å². The van der Waals surface area contributed by atoms with Crippen molar-refractivity contribution in [2.24, 2.45) is 11.8 Å². The van der Waals surface area contributed by atoms with E-state index in [1.54, 1.807) is 18.2 Å². The predicted molar refractivity (Wildman–Crippen MR) is 82.8 cm³/mol. The summed E-state index contributed by atoms with van der Waals surface area (Å²) in [4.78, 5) is 12.5. The van der Waals surface area contributed by atoms with Gasteiger partial charge in [-0.05, 0) is 55.7 Å². The first-order chi connectivity index (χ1) is 9.56. The van der Waals surface area contributed by atoms with Crippen LogP contribution < -0.4 is 11.1 Å². The monoisotopic (exact) mass is 310 g/mol. The molecule has 3 nitrogen and oxygen atoms in total. The van der Waals surface area contributed by atoms with Crippen molar-refractivity contribution >= 4 is 40.5 Å². The van der Waals surface area contributed by atoms with E-state index in [0.29, 0.717) is 28.2 Å². The van der Waals surface area contributed by atoms with Crippen LogP contribution in [-0.2, 0) is 4.79 Å². The highest BCUT2D eigenvalue weighted by atomic mass is 35.5. The Morgan fingerprint density at radius 1 is 1.15 bits per heavy atom. The molecule has 0 saturated heterocycles. The number of halogens is 2. The summed E-state index contributed by atoms with van der Waals surface area (Å²) < 4.78 is 0. The molecule has 0 aromatic heterocycles. The molecule has 3 N–H and O–H groups in total. The number of rotatable bonds is 2. The second-order valence-corrected chi connectivity index (χ2v) is 6.34. The first-order valence-corrected chi connectivity index (χ1v) is 7.58. The normalized spacial score (nSPS) is 24.9.